The molecule has 27 heavy (non-hydrogen) atoms. The maximum atomic E-state index is 12.0. The maximum absolute atomic E-state index is 12.0. The molecule has 1 N–H and O–H groups in total. The maximum Gasteiger partial charge on any atom is 0.255 e. The lowest BCUT2D eigenvalue weighted by Gasteiger charge is -2.02. The number of carbonyl (C=O) groups is 1. The SMILES string of the molecule is O=C(Cn1nnc(-c2ccccc2)n1)NCCc1noc([C@H]2CCCO2)n1. The third-order valence-electron chi connectivity index (χ3n) is 4.13. The summed E-state index contributed by atoms with van der Waals surface area (Å²) >= 11 is 0. The van der Waals surface area contributed by atoms with Crippen LogP contribution in [0.25, 0.3) is 11.4 Å². The number of hydrogen-bond donors (Lipinski definition) is 1. The van der Waals surface area contributed by atoms with Gasteiger partial charge in [0.2, 0.25) is 11.7 Å². The Balaban J connectivity index is 1.24. The molecule has 0 aliphatic carbocycles. The van der Waals surface area contributed by atoms with Crippen molar-refractivity contribution in [3.8, 4) is 11.4 Å². The van der Waals surface area contributed by atoms with Crippen LogP contribution in [-0.4, -0.2) is 49.4 Å². The second-order valence-corrected chi connectivity index (χ2v) is 6.16. The molecule has 4 rings (SSSR count). The first-order valence-electron chi connectivity index (χ1n) is 8.82. The van der Waals surface area contributed by atoms with E-state index in [9.17, 15) is 4.79 Å². The molecule has 1 atom stereocenters. The molecule has 0 unspecified atom stereocenters. The second kappa shape index (κ2) is 8.04. The zero-order chi connectivity index (χ0) is 18.5. The molecule has 10 nitrogen and oxygen atoms in total. The highest BCUT2D eigenvalue weighted by atomic mass is 16.5. The van der Waals surface area contributed by atoms with Gasteiger partial charge in [0.25, 0.3) is 5.89 Å². The van der Waals surface area contributed by atoms with Crippen molar-refractivity contribution < 1.29 is 14.1 Å². The van der Waals surface area contributed by atoms with Crippen molar-refractivity contribution in [2.45, 2.75) is 31.9 Å². The second-order valence-electron chi connectivity index (χ2n) is 6.16. The number of rotatable bonds is 7. The molecule has 0 saturated carbocycles. The van der Waals surface area contributed by atoms with Crippen LogP contribution < -0.4 is 5.32 Å². The number of nitrogens with zero attached hydrogens (tertiary/aromatic N) is 6. The molecule has 0 radical (unpaired) electrons. The molecule has 2 aromatic heterocycles. The van der Waals surface area contributed by atoms with E-state index in [1.54, 1.807) is 0 Å². The molecule has 3 heterocycles. The van der Waals surface area contributed by atoms with Crippen molar-refractivity contribution in [2.24, 2.45) is 0 Å². The van der Waals surface area contributed by atoms with Gasteiger partial charge < -0.3 is 14.6 Å². The van der Waals surface area contributed by atoms with Gasteiger partial charge in [-0.05, 0) is 18.1 Å². The number of amides is 1. The van der Waals surface area contributed by atoms with Gasteiger partial charge in [0, 0.05) is 25.1 Å². The van der Waals surface area contributed by atoms with E-state index < -0.39 is 0 Å². The molecule has 3 aromatic rings. The van der Waals surface area contributed by atoms with Crippen LogP contribution in [0.1, 0.15) is 30.7 Å². The van der Waals surface area contributed by atoms with Crippen LogP contribution in [0, 0.1) is 0 Å². The fraction of sp³-hybridized carbons (Fsp3) is 0.412. The fourth-order valence-electron chi connectivity index (χ4n) is 2.78. The molecule has 1 fully saturated rings. The summed E-state index contributed by atoms with van der Waals surface area (Å²) in [7, 11) is 0. The summed E-state index contributed by atoms with van der Waals surface area (Å²) in [5.41, 5.74) is 0.850. The Morgan fingerprint density at radius 2 is 2.19 bits per heavy atom. The Hall–Kier alpha value is -3.14. The molecule has 1 aliphatic heterocycles. The Labute approximate surface area is 154 Å². The molecule has 1 aliphatic rings. The summed E-state index contributed by atoms with van der Waals surface area (Å²) in [6, 6.07) is 9.47. The van der Waals surface area contributed by atoms with E-state index in [4.69, 9.17) is 9.26 Å². The minimum absolute atomic E-state index is 0.00670. The third kappa shape index (κ3) is 4.34. The van der Waals surface area contributed by atoms with Gasteiger partial charge in [-0.15, -0.1) is 10.2 Å². The summed E-state index contributed by atoms with van der Waals surface area (Å²) < 4.78 is 10.7. The first-order chi connectivity index (χ1) is 13.3. The van der Waals surface area contributed by atoms with Gasteiger partial charge in [0.15, 0.2) is 5.82 Å². The number of aromatic nitrogens is 6. The topological polar surface area (TPSA) is 121 Å². The third-order valence-corrected chi connectivity index (χ3v) is 4.13. The molecule has 10 heteroatoms. The highest BCUT2D eigenvalue weighted by Crippen LogP contribution is 2.26. The van der Waals surface area contributed by atoms with Crippen molar-refractivity contribution in [3.63, 3.8) is 0 Å². The van der Waals surface area contributed by atoms with Crippen molar-refractivity contribution in [1.82, 2.24) is 35.7 Å². The number of tetrazole rings is 1. The van der Waals surface area contributed by atoms with E-state index in [0.717, 1.165) is 25.0 Å². The average molecular weight is 369 g/mol. The number of ether oxygens (including phenoxy) is 1. The molecule has 0 bridgehead atoms. The van der Waals surface area contributed by atoms with Crippen LogP contribution in [0.15, 0.2) is 34.9 Å². The van der Waals surface area contributed by atoms with Crippen molar-refractivity contribution >= 4 is 5.91 Å². The number of nitrogens with one attached hydrogen (secondary N) is 1. The molecule has 1 amide bonds. The van der Waals surface area contributed by atoms with E-state index >= 15 is 0 Å². The summed E-state index contributed by atoms with van der Waals surface area (Å²) in [6.07, 6.45) is 2.27. The summed E-state index contributed by atoms with van der Waals surface area (Å²) in [5.74, 6) is 1.33. The van der Waals surface area contributed by atoms with Crippen LogP contribution in [0.2, 0.25) is 0 Å². The fourth-order valence-corrected chi connectivity index (χ4v) is 2.78. The minimum Gasteiger partial charge on any atom is -0.368 e. The van der Waals surface area contributed by atoms with Crippen molar-refractivity contribution in [2.75, 3.05) is 13.2 Å². The predicted molar refractivity (Wildman–Crippen MR) is 92.2 cm³/mol. The highest BCUT2D eigenvalue weighted by Gasteiger charge is 2.23. The Morgan fingerprint density at radius 3 is 3.00 bits per heavy atom. The molecule has 0 spiro atoms. The minimum atomic E-state index is -0.213. The van der Waals surface area contributed by atoms with Crippen LogP contribution in [0.3, 0.4) is 0 Å². The van der Waals surface area contributed by atoms with Gasteiger partial charge in [-0.2, -0.15) is 9.78 Å². The van der Waals surface area contributed by atoms with E-state index in [1.807, 2.05) is 30.3 Å². The monoisotopic (exact) mass is 369 g/mol. The predicted octanol–water partition coefficient (Wildman–Crippen LogP) is 0.933. The van der Waals surface area contributed by atoms with Gasteiger partial charge in [0.1, 0.15) is 12.6 Å². The Bertz CT molecular complexity index is 887. The summed E-state index contributed by atoms with van der Waals surface area (Å²) in [4.78, 5) is 17.6. The van der Waals surface area contributed by atoms with Gasteiger partial charge in [-0.3, -0.25) is 4.79 Å². The standard InChI is InChI=1S/C17H19N7O3/c25-15(11-24-21-16(20-23-24)12-5-2-1-3-6-12)18-9-8-14-19-17(27-22-14)13-7-4-10-26-13/h1-3,5-6,13H,4,7-11H2,(H,18,25)/t13-/m1/s1. The zero-order valence-corrected chi connectivity index (χ0v) is 14.6. The number of benzene rings is 1. The Morgan fingerprint density at radius 1 is 1.30 bits per heavy atom. The average Bonchev–Trinajstić information content (AvgIpc) is 3.44. The van der Waals surface area contributed by atoms with Crippen LogP contribution in [-0.2, 0) is 22.5 Å². The quantitative estimate of drug-likeness (QED) is 0.653. The number of hydrogen-bond acceptors (Lipinski definition) is 8. The summed E-state index contributed by atoms with van der Waals surface area (Å²) in [5, 5.41) is 18.8. The van der Waals surface area contributed by atoms with Crippen LogP contribution >= 0.6 is 0 Å². The molecule has 1 aromatic carbocycles. The van der Waals surface area contributed by atoms with Crippen molar-refractivity contribution in [1.29, 1.82) is 0 Å². The van der Waals surface area contributed by atoms with Crippen LogP contribution in [0.5, 0.6) is 0 Å². The first-order valence-corrected chi connectivity index (χ1v) is 8.82. The molecular weight excluding hydrogens is 350 g/mol. The first kappa shape index (κ1) is 17.3. The lowest BCUT2D eigenvalue weighted by Crippen LogP contribution is -2.30. The largest absolute Gasteiger partial charge is 0.368 e. The smallest absolute Gasteiger partial charge is 0.255 e. The van der Waals surface area contributed by atoms with Gasteiger partial charge in [-0.1, -0.05) is 35.5 Å². The summed E-state index contributed by atoms with van der Waals surface area (Å²) in [6.45, 7) is 1.11. The van der Waals surface area contributed by atoms with E-state index in [2.05, 4.69) is 30.9 Å². The van der Waals surface area contributed by atoms with E-state index in [1.165, 1.54) is 4.80 Å². The van der Waals surface area contributed by atoms with Gasteiger partial charge >= 0.3 is 0 Å². The Kier molecular flexibility index (Phi) is 5.15. The van der Waals surface area contributed by atoms with Crippen molar-refractivity contribution in [3.05, 3.63) is 42.0 Å². The highest BCUT2D eigenvalue weighted by molar-refractivity contribution is 5.75. The zero-order valence-electron chi connectivity index (χ0n) is 14.6. The van der Waals surface area contributed by atoms with E-state index in [-0.39, 0.29) is 18.6 Å². The van der Waals surface area contributed by atoms with Crippen LogP contribution in [0.4, 0.5) is 0 Å². The van der Waals surface area contributed by atoms with E-state index in [0.29, 0.717) is 30.5 Å². The molecule has 140 valence electrons. The molecule has 1 saturated heterocycles. The lowest BCUT2D eigenvalue weighted by molar-refractivity contribution is -0.122. The lowest BCUT2D eigenvalue weighted by atomic mass is 10.2. The molecular formula is C17H19N7O3. The normalized spacial score (nSPS) is 16.5. The number of carbonyl (C=O) groups excluding carboxylic acids is 1. The van der Waals surface area contributed by atoms with Gasteiger partial charge in [0.05, 0.1) is 0 Å². The van der Waals surface area contributed by atoms with Gasteiger partial charge in [-0.25, -0.2) is 0 Å².